The topological polar surface area (TPSA) is 43.3 Å². The summed E-state index contributed by atoms with van der Waals surface area (Å²) in [6, 6.07) is 3.72. The fourth-order valence-electron chi connectivity index (χ4n) is 1.44. The van der Waals surface area contributed by atoms with Gasteiger partial charge in [0.1, 0.15) is 5.82 Å². The number of imidazole rings is 1. The van der Waals surface area contributed by atoms with E-state index in [9.17, 15) is 0 Å². The van der Waals surface area contributed by atoms with E-state index in [0.29, 0.717) is 11.6 Å². The van der Waals surface area contributed by atoms with Crippen molar-refractivity contribution in [2.45, 2.75) is 13.5 Å². The molecule has 0 spiro atoms. The summed E-state index contributed by atoms with van der Waals surface area (Å²) in [6.07, 6.45) is 1.90. The van der Waals surface area contributed by atoms with E-state index in [1.165, 1.54) is 0 Å². The third kappa shape index (κ3) is 1.30. The highest BCUT2D eigenvalue weighted by Gasteiger charge is 2.05. The van der Waals surface area contributed by atoms with Gasteiger partial charge in [-0.2, -0.15) is 0 Å². The van der Waals surface area contributed by atoms with Gasteiger partial charge in [0.15, 0.2) is 0 Å². The fourth-order valence-corrected chi connectivity index (χ4v) is 1.60. The molecule has 0 aliphatic carbocycles. The molecule has 4 heteroatoms. The largest absolute Gasteiger partial charge is 0.325 e. The Morgan fingerprint density at radius 1 is 1.62 bits per heavy atom. The second kappa shape index (κ2) is 3.01. The van der Waals surface area contributed by atoms with Crippen LogP contribution in [0.5, 0.6) is 0 Å². The summed E-state index contributed by atoms with van der Waals surface area (Å²) in [5.74, 6) is 0.937. The molecule has 3 nitrogen and oxygen atoms in total. The zero-order valence-corrected chi connectivity index (χ0v) is 8.04. The van der Waals surface area contributed by atoms with E-state index in [1.807, 2.05) is 29.7 Å². The van der Waals surface area contributed by atoms with Gasteiger partial charge in [0.25, 0.3) is 0 Å². The number of nitrogens with zero attached hydrogens (tertiary/aromatic N) is 2. The number of hydrogen-bond acceptors (Lipinski definition) is 2. The van der Waals surface area contributed by atoms with Crippen LogP contribution in [0.25, 0.3) is 5.52 Å². The average molecular weight is 196 g/mol. The second-order valence-electron chi connectivity index (χ2n) is 2.91. The molecule has 0 amide bonds. The Kier molecular flexibility index (Phi) is 1.98. The van der Waals surface area contributed by atoms with E-state index in [1.54, 1.807) is 0 Å². The van der Waals surface area contributed by atoms with Gasteiger partial charge in [0.05, 0.1) is 11.2 Å². The van der Waals surface area contributed by atoms with E-state index in [0.717, 1.165) is 17.0 Å². The number of pyridine rings is 1. The Balaban J connectivity index is 2.81. The van der Waals surface area contributed by atoms with Gasteiger partial charge >= 0.3 is 0 Å². The summed E-state index contributed by atoms with van der Waals surface area (Å²) in [5.41, 5.74) is 7.44. The molecular weight excluding hydrogens is 186 g/mol. The standard InChI is InChI=1S/C9H10ClN3/c1-6-12-8(5-11)9-4-7(10)2-3-13(6)9/h2-4H,5,11H2,1H3. The molecule has 2 rings (SSSR count). The van der Waals surface area contributed by atoms with Crippen molar-refractivity contribution in [1.82, 2.24) is 9.38 Å². The Morgan fingerprint density at radius 3 is 3.08 bits per heavy atom. The second-order valence-corrected chi connectivity index (χ2v) is 3.35. The van der Waals surface area contributed by atoms with Crippen LogP contribution in [-0.4, -0.2) is 9.38 Å². The minimum absolute atomic E-state index is 0.442. The van der Waals surface area contributed by atoms with E-state index < -0.39 is 0 Å². The van der Waals surface area contributed by atoms with Crippen LogP contribution in [0.1, 0.15) is 11.5 Å². The lowest BCUT2D eigenvalue weighted by Gasteiger charge is -1.96. The lowest BCUT2D eigenvalue weighted by molar-refractivity contribution is 0.991. The van der Waals surface area contributed by atoms with Crippen molar-refractivity contribution in [1.29, 1.82) is 0 Å². The molecule has 0 aliphatic heterocycles. The number of halogens is 1. The van der Waals surface area contributed by atoms with E-state index in [-0.39, 0.29) is 0 Å². The van der Waals surface area contributed by atoms with Crippen molar-refractivity contribution in [2.24, 2.45) is 5.73 Å². The van der Waals surface area contributed by atoms with Crippen LogP contribution in [0.3, 0.4) is 0 Å². The molecule has 2 aromatic rings. The molecule has 0 saturated carbocycles. The van der Waals surface area contributed by atoms with Gasteiger partial charge < -0.3 is 10.1 Å². The highest BCUT2D eigenvalue weighted by molar-refractivity contribution is 6.30. The van der Waals surface area contributed by atoms with Gasteiger partial charge in [0, 0.05) is 17.8 Å². The monoisotopic (exact) mass is 195 g/mol. The molecule has 2 aromatic heterocycles. The Hall–Kier alpha value is -1.06. The van der Waals surface area contributed by atoms with Crippen molar-refractivity contribution >= 4 is 17.1 Å². The molecule has 0 unspecified atom stereocenters. The van der Waals surface area contributed by atoms with Crippen LogP contribution in [0.15, 0.2) is 18.3 Å². The van der Waals surface area contributed by atoms with E-state index in [2.05, 4.69) is 4.98 Å². The van der Waals surface area contributed by atoms with Crippen molar-refractivity contribution in [3.05, 3.63) is 34.9 Å². The average Bonchev–Trinajstić information content (AvgIpc) is 2.42. The molecule has 0 bridgehead atoms. The molecule has 2 heterocycles. The van der Waals surface area contributed by atoms with Crippen LogP contribution in [-0.2, 0) is 6.54 Å². The van der Waals surface area contributed by atoms with Gasteiger partial charge in [-0.15, -0.1) is 0 Å². The fraction of sp³-hybridized carbons (Fsp3) is 0.222. The number of aromatic nitrogens is 2. The highest BCUT2D eigenvalue weighted by atomic mass is 35.5. The number of nitrogens with two attached hydrogens (primary N) is 1. The normalized spacial score (nSPS) is 11.0. The summed E-state index contributed by atoms with van der Waals surface area (Å²) in [5, 5.41) is 0.710. The van der Waals surface area contributed by atoms with Crippen LogP contribution < -0.4 is 5.73 Å². The molecule has 0 radical (unpaired) electrons. The predicted octanol–water partition coefficient (Wildman–Crippen LogP) is 1.75. The predicted molar refractivity (Wildman–Crippen MR) is 52.8 cm³/mol. The van der Waals surface area contributed by atoms with Gasteiger partial charge in [0.2, 0.25) is 0 Å². The van der Waals surface area contributed by atoms with Crippen molar-refractivity contribution < 1.29 is 0 Å². The Labute approximate surface area is 81.1 Å². The highest BCUT2D eigenvalue weighted by Crippen LogP contribution is 2.17. The number of rotatable bonds is 1. The summed E-state index contributed by atoms with van der Waals surface area (Å²) < 4.78 is 1.98. The maximum Gasteiger partial charge on any atom is 0.110 e. The third-order valence-corrected chi connectivity index (χ3v) is 2.29. The zero-order valence-electron chi connectivity index (χ0n) is 7.29. The molecule has 13 heavy (non-hydrogen) atoms. The first-order valence-corrected chi connectivity index (χ1v) is 4.43. The van der Waals surface area contributed by atoms with Gasteiger partial charge in [-0.1, -0.05) is 11.6 Å². The molecule has 2 N–H and O–H groups in total. The number of aryl methyl sites for hydroxylation is 1. The van der Waals surface area contributed by atoms with E-state index >= 15 is 0 Å². The molecule has 0 aliphatic rings. The van der Waals surface area contributed by atoms with Crippen LogP contribution in [0.2, 0.25) is 5.02 Å². The van der Waals surface area contributed by atoms with Gasteiger partial charge in [-0.25, -0.2) is 4.98 Å². The number of fused-ring (bicyclic) bond motifs is 1. The van der Waals surface area contributed by atoms with Gasteiger partial charge in [-0.05, 0) is 19.1 Å². The smallest absolute Gasteiger partial charge is 0.110 e. The molecule has 0 saturated heterocycles. The lowest BCUT2D eigenvalue weighted by atomic mass is 10.3. The summed E-state index contributed by atoms with van der Waals surface area (Å²) in [7, 11) is 0. The van der Waals surface area contributed by atoms with Crippen LogP contribution in [0, 0.1) is 6.92 Å². The summed E-state index contributed by atoms with van der Waals surface area (Å²) in [6.45, 7) is 2.39. The first-order chi connectivity index (χ1) is 6.22. The van der Waals surface area contributed by atoms with E-state index in [4.69, 9.17) is 17.3 Å². The van der Waals surface area contributed by atoms with Crippen LogP contribution >= 0.6 is 11.6 Å². The maximum absolute atomic E-state index is 5.87. The maximum atomic E-state index is 5.87. The minimum atomic E-state index is 0.442. The van der Waals surface area contributed by atoms with Crippen molar-refractivity contribution in [3.63, 3.8) is 0 Å². The van der Waals surface area contributed by atoms with Crippen molar-refractivity contribution in [3.8, 4) is 0 Å². The summed E-state index contributed by atoms with van der Waals surface area (Å²) in [4.78, 5) is 4.33. The third-order valence-electron chi connectivity index (χ3n) is 2.05. The molecular formula is C9H10ClN3. The number of hydrogen-bond donors (Lipinski definition) is 1. The lowest BCUT2D eigenvalue weighted by Crippen LogP contribution is -1.96. The first-order valence-electron chi connectivity index (χ1n) is 4.05. The Bertz CT molecular complexity index is 447. The molecule has 0 atom stereocenters. The van der Waals surface area contributed by atoms with Crippen molar-refractivity contribution in [2.75, 3.05) is 0 Å². The SMILES string of the molecule is Cc1nc(CN)c2cc(Cl)ccn12. The summed E-state index contributed by atoms with van der Waals surface area (Å²) >= 11 is 5.87. The quantitative estimate of drug-likeness (QED) is 0.754. The molecule has 68 valence electrons. The van der Waals surface area contributed by atoms with Gasteiger partial charge in [-0.3, -0.25) is 0 Å². The first kappa shape index (κ1) is 8.53. The molecule has 0 aromatic carbocycles. The Morgan fingerprint density at radius 2 is 2.38 bits per heavy atom. The minimum Gasteiger partial charge on any atom is -0.325 e. The molecule has 0 fully saturated rings. The van der Waals surface area contributed by atoms with Crippen LogP contribution in [0.4, 0.5) is 0 Å². The zero-order chi connectivity index (χ0) is 9.42.